The zero-order valence-corrected chi connectivity index (χ0v) is 36.6. The van der Waals surface area contributed by atoms with Gasteiger partial charge in [-0.3, -0.25) is 14.6 Å². The normalized spacial score (nSPS) is 16.0. The lowest BCUT2D eigenvalue weighted by Gasteiger charge is -2.27. The number of carbonyl (C=O) groups is 2. The lowest BCUT2D eigenvalue weighted by molar-refractivity contribution is -0.136. The van der Waals surface area contributed by atoms with Gasteiger partial charge in [-0.15, -0.1) is 20.4 Å². The Bertz CT molecular complexity index is 2850. The molecule has 5 aliphatic rings. The molecule has 19 nitrogen and oxygen atoms in total. The maximum absolute atomic E-state index is 12.7. The molecular weight excluding hydrogens is 853 g/mol. The molecule has 0 atom stereocenters. The third-order valence-electron chi connectivity index (χ3n) is 12.2. The van der Waals surface area contributed by atoms with Crippen LogP contribution in [0.1, 0.15) is 52.6 Å². The zero-order chi connectivity index (χ0) is 45.5. The summed E-state index contributed by atoms with van der Waals surface area (Å²) in [5, 5.41) is 34.4. The summed E-state index contributed by atoms with van der Waals surface area (Å²) in [5.74, 6) is 0.923. The smallest absolute Gasteiger partial charge is 0.312 e. The molecule has 19 heteroatoms. The molecule has 0 saturated heterocycles. The zero-order valence-electron chi connectivity index (χ0n) is 36.6. The monoisotopic (exact) mass is 900 g/mol. The van der Waals surface area contributed by atoms with Crippen molar-refractivity contribution in [3.8, 4) is 22.9 Å². The van der Waals surface area contributed by atoms with Crippen LogP contribution >= 0.6 is 0 Å². The van der Waals surface area contributed by atoms with E-state index in [2.05, 4.69) is 133 Å². The second kappa shape index (κ2) is 19.7. The standard InChI is InChI=1S/C24H23N7O2.C17H15N5O3.C7H10N2/c32-22(31-8-6-20-17(14-31)5-7-25-20)11-21-29-30-23(33-21)18-12-26-24(27-13-18)28-19-9-15-3-1-2-4-16(15)10-19;23-15(24)7-14-21-22-16(25-14)12-8-18-17(19-9-12)20-13-5-10-3-1-2-4-11(10)6-13;1-2-7-6-8-3-5-9(7)4-1/h1-4,7,12-13,19H,5-6,8-11,14H2,(H,26,27,28);1-4,8-9,13H,5-7H2,(H,23,24)(H,18,19,20);1-2,4,8H,3,5-6H2. The van der Waals surface area contributed by atoms with Crippen LogP contribution in [0.2, 0.25) is 0 Å². The maximum atomic E-state index is 12.7. The number of carboxylic acids is 1. The molecule has 2 aromatic carbocycles. The van der Waals surface area contributed by atoms with E-state index in [0.29, 0.717) is 47.9 Å². The molecule has 2 aliphatic carbocycles. The molecule has 1 amide bonds. The van der Waals surface area contributed by atoms with Gasteiger partial charge in [0.15, 0.2) is 0 Å². The van der Waals surface area contributed by atoms with Crippen molar-refractivity contribution in [1.29, 1.82) is 0 Å². The summed E-state index contributed by atoms with van der Waals surface area (Å²) in [6.07, 6.45) is 15.8. The van der Waals surface area contributed by atoms with E-state index >= 15 is 0 Å². The summed E-state index contributed by atoms with van der Waals surface area (Å²) in [4.78, 5) is 46.9. The third kappa shape index (κ3) is 10.5. The summed E-state index contributed by atoms with van der Waals surface area (Å²) in [5.41, 5.74) is 10.4. The van der Waals surface area contributed by atoms with E-state index in [1.165, 1.54) is 33.5 Å². The van der Waals surface area contributed by atoms with Gasteiger partial charge in [0.1, 0.15) is 12.8 Å². The minimum Gasteiger partial charge on any atom is -0.481 e. The van der Waals surface area contributed by atoms with Crippen LogP contribution in [0, 0.1) is 0 Å². The number of carboxylic acid groups (broad SMARTS) is 1. The van der Waals surface area contributed by atoms with Crippen LogP contribution in [-0.4, -0.2) is 105 Å². The third-order valence-corrected chi connectivity index (χ3v) is 12.2. The van der Waals surface area contributed by atoms with Crippen LogP contribution in [0.3, 0.4) is 0 Å². The van der Waals surface area contributed by atoms with Crippen molar-refractivity contribution in [2.75, 3.05) is 30.3 Å². The predicted molar refractivity (Wildman–Crippen MR) is 246 cm³/mol. The summed E-state index contributed by atoms with van der Waals surface area (Å²) in [7, 11) is 0. The first-order chi connectivity index (χ1) is 32.8. The Hall–Kier alpha value is -7.93. The number of aliphatic imine (C=N–C) groups is 1. The molecule has 12 rings (SSSR count). The topological polar surface area (TPSA) is 240 Å². The number of aromatic nitrogens is 9. The second-order valence-corrected chi connectivity index (χ2v) is 16.9. The van der Waals surface area contributed by atoms with Crippen molar-refractivity contribution >= 4 is 30.0 Å². The number of rotatable bonds is 10. The average Bonchev–Trinajstić information content (AvgIpc) is 4.22. The van der Waals surface area contributed by atoms with E-state index < -0.39 is 5.97 Å². The first-order valence-corrected chi connectivity index (χ1v) is 22.4. The van der Waals surface area contributed by atoms with Crippen LogP contribution < -0.4 is 16.0 Å². The van der Waals surface area contributed by atoms with E-state index in [-0.39, 0.29) is 42.6 Å². The first-order valence-electron chi connectivity index (χ1n) is 22.4. The lowest BCUT2D eigenvalue weighted by Crippen LogP contribution is -2.37. The molecule has 340 valence electrons. The van der Waals surface area contributed by atoms with Crippen molar-refractivity contribution in [3.05, 3.63) is 143 Å². The Morgan fingerprint density at radius 2 is 1.25 bits per heavy atom. The van der Waals surface area contributed by atoms with Gasteiger partial charge in [0.2, 0.25) is 29.6 Å². The van der Waals surface area contributed by atoms with Crippen LogP contribution in [0.4, 0.5) is 11.9 Å². The van der Waals surface area contributed by atoms with E-state index in [1.807, 2.05) is 11.1 Å². The number of aliphatic carboxylic acids is 1. The fraction of sp³-hybridized carbons (Fsp3) is 0.312. The van der Waals surface area contributed by atoms with Gasteiger partial charge in [0.05, 0.1) is 11.1 Å². The molecule has 3 aliphatic heterocycles. The Balaban J connectivity index is 0.000000135. The highest BCUT2D eigenvalue weighted by Crippen LogP contribution is 2.28. The van der Waals surface area contributed by atoms with Gasteiger partial charge in [-0.25, -0.2) is 19.9 Å². The molecule has 0 saturated carbocycles. The maximum Gasteiger partial charge on any atom is 0.312 e. The van der Waals surface area contributed by atoms with E-state index in [9.17, 15) is 9.59 Å². The van der Waals surface area contributed by atoms with E-state index in [0.717, 1.165) is 63.9 Å². The first kappa shape index (κ1) is 43.0. The number of nitrogens with zero attached hydrogens (tertiary/aromatic N) is 11. The Morgan fingerprint density at radius 1 is 0.701 bits per heavy atom. The van der Waals surface area contributed by atoms with Crippen LogP contribution in [0.25, 0.3) is 22.9 Å². The molecule has 4 N–H and O–H groups in total. The van der Waals surface area contributed by atoms with Gasteiger partial charge >= 0.3 is 5.97 Å². The number of fused-ring (bicyclic) bond motifs is 3. The van der Waals surface area contributed by atoms with Gasteiger partial charge in [0.25, 0.3) is 11.8 Å². The summed E-state index contributed by atoms with van der Waals surface area (Å²) >= 11 is 0. The molecule has 0 radical (unpaired) electrons. The largest absolute Gasteiger partial charge is 0.481 e. The fourth-order valence-electron chi connectivity index (χ4n) is 8.85. The van der Waals surface area contributed by atoms with Crippen LogP contribution in [-0.2, 0) is 61.2 Å². The highest BCUT2D eigenvalue weighted by molar-refractivity contribution is 5.79. The number of amides is 1. The van der Waals surface area contributed by atoms with Gasteiger partial charge in [-0.05, 0) is 65.6 Å². The Morgan fingerprint density at radius 3 is 1.79 bits per heavy atom. The highest BCUT2D eigenvalue weighted by atomic mass is 16.4. The number of hydrogen-bond donors (Lipinski definition) is 4. The minimum absolute atomic E-state index is 0.0167. The molecule has 0 fully saturated rings. The van der Waals surface area contributed by atoms with E-state index in [1.54, 1.807) is 24.8 Å². The van der Waals surface area contributed by atoms with Crippen LogP contribution in [0.15, 0.2) is 117 Å². The molecule has 5 aromatic heterocycles. The fourth-order valence-corrected chi connectivity index (χ4v) is 8.85. The molecule has 0 bridgehead atoms. The quantitative estimate of drug-likeness (QED) is 0.142. The molecule has 0 unspecified atom stereocenters. The molecule has 67 heavy (non-hydrogen) atoms. The van der Waals surface area contributed by atoms with Crippen molar-refractivity contribution in [1.82, 2.24) is 55.1 Å². The number of carbonyl (C=O) groups excluding carboxylic acids is 1. The number of nitrogens with one attached hydrogen (secondary N) is 3. The summed E-state index contributed by atoms with van der Waals surface area (Å²) in [6, 6.07) is 21.7. The van der Waals surface area contributed by atoms with Gasteiger partial charge < -0.3 is 39.4 Å². The van der Waals surface area contributed by atoms with Crippen LogP contribution in [0.5, 0.6) is 0 Å². The number of hydrogen-bond acceptors (Lipinski definition) is 16. The van der Waals surface area contributed by atoms with Crippen molar-refractivity contribution < 1.29 is 23.5 Å². The summed E-state index contributed by atoms with van der Waals surface area (Å²) in [6.45, 7) is 4.57. The van der Waals surface area contributed by atoms with Gasteiger partial charge in [-0.2, -0.15) is 0 Å². The molecule has 0 spiro atoms. The van der Waals surface area contributed by atoms with Crippen molar-refractivity contribution in [2.45, 2.75) is 76.5 Å². The highest BCUT2D eigenvalue weighted by Gasteiger charge is 2.27. The Kier molecular flexibility index (Phi) is 12.6. The predicted octanol–water partition coefficient (Wildman–Crippen LogP) is 4.93. The average molecular weight is 901 g/mol. The van der Waals surface area contributed by atoms with E-state index in [4.69, 9.17) is 13.9 Å². The minimum atomic E-state index is -1.02. The van der Waals surface area contributed by atoms with Gasteiger partial charge in [-0.1, -0.05) is 48.5 Å². The van der Waals surface area contributed by atoms with Gasteiger partial charge in [0, 0.05) is 106 Å². The Labute approximate surface area is 384 Å². The van der Waals surface area contributed by atoms with Crippen molar-refractivity contribution in [3.63, 3.8) is 0 Å². The SMILES string of the molecule is O=C(Cc1nnc(-c2cnc(NC3Cc4ccccc4C3)nc2)o1)N1CCC2=C(CC=N2)C1.O=C(O)Cc1nnc(-c2cnc(NC3Cc4ccccc4C3)nc2)o1.c1cc2n(c1)CCNC2. The number of anilines is 2. The number of benzene rings is 2. The lowest BCUT2D eigenvalue weighted by atomic mass is 10.1. The molecule has 7 aromatic rings. The summed E-state index contributed by atoms with van der Waals surface area (Å²) < 4.78 is 13.3. The molecular formula is C48H48N14O5. The molecule has 8 heterocycles. The van der Waals surface area contributed by atoms with Crippen molar-refractivity contribution in [2.24, 2.45) is 4.99 Å². The second-order valence-electron chi connectivity index (χ2n) is 16.9.